The molecule has 1 aromatic rings. The summed E-state index contributed by atoms with van der Waals surface area (Å²) in [6.45, 7) is 5.65. The van der Waals surface area contributed by atoms with Crippen molar-refractivity contribution in [3.63, 3.8) is 0 Å². The third-order valence-electron chi connectivity index (χ3n) is 2.77. The Morgan fingerprint density at radius 2 is 1.38 bits per heavy atom. The molecule has 0 N–H and O–H groups in total. The lowest BCUT2D eigenvalue weighted by atomic mass is 10.2. The molecule has 0 aliphatic rings. The summed E-state index contributed by atoms with van der Waals surface area (Å²) in [7, 11) is -4.16. The van der Waals surface area contributed by atoms with Crippen LogP contribution in [-0.4, -0.2) is 33.3 Å². The maximum atomic E-state index is 11.6. The molecule has 0 saturated heterocycles. The second-order valence-corrected chi connectivity index (χ2v) is 7.39. The number of carbonyl (C=O) groups excluding carboxylic acids is 3. The predicted molar refractivity (Wildman–Crippen MR) is 86.5 cm³/mol. The first kappa shape index (κ1) is 19.9. The number of benzene rings is 1. The average molecular weight is 354 g/mol. The van der Waals surface area contributed by atoms with Crippen molar-refractivity contribution < 1.29 is 32.4 Å². The molecular formula is C16H22O7Si. The van der Waals surface area contributed by atoms with E-state index < -0.39 is 32.4 Å². The quantitative estimate of drug-likeness (QED) is 0.662. The van der Waals surface area contributed by atoms with Crippen LogP contribution in [0, 0.1) is 0 Å². The van der Waals surface area contributed by atoms with Crippen molar-refractivity contribution >= 4 is 26.7 Å². The molecule has 8 heteroatoms. The summed E-state index contributed by atoms with van der Waals surface area (Å²) in [5.74, 6) is -2.19. The Morgan fingerprint density at radius 1 is 0.917 bits per heavy atom. The molecule has 0 amide bonds. The van der Waals surface area contributed by atoms with Gasteiger partial charge in [-0.05, 0) is 12.0 Å². The predicted octanol–water partition coefficient (Wildman–Crippen LogP) is 2.32. The molecule has 132 valence electrons. The minimum Gasteiger partial charge on any atom is -0.454 e. The molecule has 0 saturated carbocycles. The second kappa shape index (κ2) is 9.19. The Kier molecular flexibility index (Phi) is 7.60. The Labute approximate surface area is 142 Å². The fourth-order valence-electron chi connectivity index (χ4n) is 2.09. The number of hydrogen-bond donors (Lipinski definition) is 0. The largest absolute Gasteiger partial charge is 0.740 e. The fourth-order valence-corrected chi connectivity index (χ4v) is 4.66. The highest BCUT2D eigenvalue weighted by Gasteiger charge is 2.61. The molecule has 0 radical (unpaired) electrons. The van der Waals surface area contributed by atoms with E-state index in [2.05, 4.69) is 0 Å². The molecule has 0 aromatic heterocycles. The van der Waals surface area contributed by atoms with Crippen LogP contribution in [-0.2, 0) is 32.4 Å². The molecule has 1 atom stereocenters. The fraction of sp³-hybridized carbons (Fsp3) is 0.438. The van der Waals surface area contributed by atoms with E-state index in [0.29, 0.717) is 18.6 Å². The number of rotatable bonds is 8. The van der Waals surface area contributed by atoms with Crippen molar-refractivity contribution in [1.29, 1.82) is 0 Å². The molecule has 7 nitrogen and oxygen atoms in total. The van der Waals surface area contributed by atoms with Crippen molar-refractivity contribution in [3.05, 3.63) is 35.9 Å². The smallest absolute Gasteiger partial charge is 0.454 e. The average Bonchev–Trinajstić information content (AvgIpc) is 2.46. The lowest BCUT2D eigenvalue weighted by molar-refractivity contribution is -0.151. The van der Waals surface area contributed by atoms with Gasteiger partial charge in [-0.2, -0.15) is 0 Å². The van der Waals surface area contributed by atoms with Gasteiger partial charge in [0.05, 0.1) is 0 Å². The first-order valence-corrected chi connectivity index (χ1v) is 9.36. The van der Waals surface area contributed by atoms with Gasteiger partial charge in [0.25, 0.3) is 17.9 Å². The van der Waals surface area contributed by atoms with Gasteiger partial charge >= 0.3 is 8.80 Å². The van der Waals surface area contributed by atoms with E-state index in [9.17, 15) is 14.4 Å². The van der Waals surface area contributed by atoms with Crippen molar-refractivity contribution in [2.24, 2.45) is 0 Å². The van der Waals surface area contributed by atoms with E-state index in [1.165, 1.54) is 0 Å². The van der Waals surface area contributed by atoms with E-state index >= 15 is 0 Å². The Hall–Kier alpha value is -2.19. The SMILES string of the molecule is CCCOC(c1ccccc1)[Si](OC(C)=O)(OC(C)=O)OC(C)=O. The molecule has 24 heavy (non-hydrogen) atoms. The van der Waals surface area contributed by atoms with Crippen molar-refractivity contribution in [2.45, 2.75) is 39.8 Å². The third kappa shape index (κ3) is 5.78. The summed E-state index contributed by atoms with van der Waals surface area (Å²) in [6.07, 6.45) is 0.675. The first-order chi connectivity index (χ1) is 11.3. The van der Waals surface area contributed by atoms with Gasteiger partial charge in [-0.25, -0.2) is 0 Å². The van der Waals surface area contributed by atoms with Crippen LogP contribution in [0.15, 0.2) is 30.3 Å². The normalized spacial score (nSPS) is 12.2. The minimum absolute atomic E-state index is 0.304. The topological polar surface area (TPSA) is 88.1 Å². The van der Waals surface area contributed by atoms with E-state index in [0.717, 1.165) is 20.8 Å². The molecule has 0 spiro atoms. The van der Waals surface area contributed by atoms with Gasteiger partial charge in [-0.1, -0.05) is 37.3 Å². The van der Waals surface area contributed by atoms with E-state index in [4.69, 9.17) is 18.0 Å². The van der Waals surface area contributed by atoms with Crippen LogP contribution in [0.2, 0.25) is 0 Å². The van der Waals surface area contributed by atoms with Crippen molar-refractivity contribution in [1.82, 2.24) is 0 Å². The third-order valence-corrected chi connectivity index (χ3v) is 5.63. The first-order valence-electron chi connectivity index (χ1n) is 7.56. The van der Waals surface area contributed by atoms with E-state index in [1.807, 2.05) is 6.92 Å². The molecule has 1 unspecified atom stereocenters. The van der Waals surface area contributed by atoms with Crippen molar-refractivity contribution in [3.8, 4) is 0 Å². The summed E-state index contributed by atoms with van der Waals surface area (Å²) in [5, 5.41) is 0. The number of ether oxygens (including phenoxy) is 1. The van der Waals surface area contributed by atoms with Gasteiger partial charge < -0.3 is 18.0 Å². The molecule has 0 bridgehead atoms. The van der Waals surface area contributed by atoms with Crippen LogP contribution in [0.5, 0.6) is 0 Å². The maximum Gasteiger partial charge on any atom is 0.740 e. The van der Waals surface area contributed by atoms with Gasteiger partial charge in [0, 0.05) is 27.4 Å². The molecular weight excluding hydrogens is 332 g/mol. The van der Waals surface area contributed by atoms with E-state index in [-0.39, 0.29) is 0 Å². The monoisotopic (exact) mass is 354 g/mol. The standard InChI is InChI=1S/C16H22O7Si/c1-5-11-20-16(15-9-7-6-8-10-15)24(21-12(2)17,22-13(3)18)23-14(4)19/h6-10,16H,5,11H2,1-4H3. The molecule has 1 rings (SSSR count). The Morgan fingerprint density at radius 3 is 1.75 bits per heavy atom. The van der Waals surface area contributed by atoms with Gasteiger partial charge in [0.15, 0.2) is 5.73 Å². The number of hydrogen-bond acceptors (Lipinski definition) is 7. The Balaban J connectivity index is 3.42. The summed E-state index contributed by atoms with van der Waals surface area (Å²) in [6, 6.07) is 8.75. The van der Waals surface area contributed by atoms with Gasteiger partial charge in [0.2, 0.25) is 0 Å². The van der Waals surface area contributed by atoms with E-state index in [1.54, 1.807) is 30.3 Å². The number of carbonyl (C=O) groups is 3. The minimum atomic E-state index is -4.16. The van der Waals surface area contributed by atoms with Crippen LogP contribution >= 0.6 is 0 Å². The zero-order chi connectivity index (χ0) is 18.2. The molecule has 0 aliphatic heterocycles. The summed E-state index contributed by atoms with van der Waals surface area (Å²) >= 11 is 0. The highest BCUT2D eigenvalue weighted by atomic mass is 28.4. The molecule has 0 fully saturated rings. The Bertz CT molecular complexity index is 532. The van der Waals surface area contributed by atoms with Gasteiger partial charge in [0.1, 0.15) is 0 Å². The molecule has 0 aliphatic carbocycles. The maximum absolute atomic E-state index is 11.6. The lowest BCUT2D eigenvalue weighted by Gasteiger charge is -2.32. The summed E-state index contributed by atoms with van der Waals surface area (Å²) in [5.41, 5.74) is -0.406. The highest BCUT2D eigenvalue weighted by Crippen LogP contribution is 2.32. The van der Waals surface area contributed by atoms with Gasteiger partial charge in [-0.3, -0.25) is 14.4 Å². The molecule has 1 aromatic carbocycles. The van der Waals surface area contributed by atoms with Crippen LogP contribution in [0.4, 0.5) is 0 Å². The second-order valence-electron chi connectivity index (χ2n) is 5.05. The summed E-state index contributed by atoms with van der Waals surface area (Å²) < 4.78 is 21.6. The lowest BCUT2D eigenvalue weighted by Crippen LogP contribution is -2.55. The zero-order valence-electron chi connectivity index (χ0n) is 14.2. The summed E-state index contributed by atoms with van der Waals surface area (Å²) in [4.78, 5) is 34.8. The van der Waals surface area contributed by atoms with Gasteiger partial charge in [-0.15, -0.1) is 0 Å². The molecule has 0 heterocycles. The zero-order valence-corrected chi connectivity index (χ0v) is 15.2. The van der Waals surface area contributed by atoms with Crippen LogP contribution in [0.3, 0.4) is 0 Å². The van der Waals surface area contributed by atoms with Crippen LogP contribution < -0.4 is 0 Å². The highest BCUT2D eigenvalue weighted by molar-refractivity contribution is 6.66. The van der Waals surface area contributed by atoms with Crippen LogP contribution in [0.1, 0.15) is 45.4 Å². The van der Waals surface area contributed by atoms with Crippen molar-refractivity contribution in [2.75, 3.05) is 6.61 Å². The van der Waals surface area contributed by atoms with Crippen LogP contribution in [0.25, 0.3) is 0 Å².